The molecule has 96 valence electrons. The minimum atomic E-state index is -0.355. The summed E-state index contributed by atoms with van der Waals surface area (Å²) in [6, 6.07) is 0. The summed E-state index contributed by atoms with van der Waals surface area (Å²) < 4.78 is 5.13. The average Bonchev–Trinajstić information content (AvgIpc) is 2.86. The highest BCUT2D eigenvalue weighted by molar-refractivity contribution is 5.83. The van der Waals surface area contributed by atoms with Crippen LogP contribution in [0.15, 0.2) is 12.3 Å². The lowest BCUT2D eigenvalue weighted by Gasteiger charge is -2.08. The van der Waals surface area contributed by atoms with E-state index in [0.717, 1.165) is 25.7 Å². The number of ether oxygens (including phenoxy) is 1. The Morgan fingerprint density at radius 2 is 1.94 bits per heavy atom. The predicted octanol–water partition coefficient (Wildman–Crippen LogP) is 1.70. The molecule has 1 amide bonds. The lowest BCUT2D eigenvalue weighted by molar-refractivity contribution is -0.129. The first kappa shape index (κ1) is 13.7. The topological polar surface area (TPSA) is 75.6 Å². The van der Waals surface area contributed by atoms with Gasteiger partial charge in [0.05, 0.1) is 6.26 Å². The van der Waals surface area contributed by atoms with E-state index in [9.17, 15) is 9.59 Å². The number of rotatable bonds is 8. The fourth-order valence-corrected chi connectivity index (χ4v) is 1.75. The summed E-state index contributed by atoms with van der Waals surface area (Å²) in [5.41, 5.74) is 1.59. The van der Waals surface area contributed by atoms with Crippen LogP contribution in [-0.4, -0.2) is 23.0 Å². The molecule has 1 atom stereocenters. The molecule has 0 bridgehead atoms. The Morgan fingerprint density at radius 3 is 2.53 bits per heavy atom. The fraction of sp³-hybridized carbons (Fsp3) is 0.667. The molecule has 0 spiro atoms. The zero-order valence-corrected chi connectivity index (χ0v) is 9.85. The van der Waals surface area contributed by atoms with Crippen molar-refractivity contribution in [2.75, 3.05) is 0 Å². The minimum absolute atomic E-state index is 0.156. The van der Waals surface area contributed by atoms with E-state index in [1.165, 1.54) is 0 Å². The third-order valence-corrected chi connectivity index (χ3v) is 2.75. The van der Waals surface area contributed by atoms with Gasteiger partial charge in [-0.05, 0) is 18.9 Å². The number of hydroxylamine groups is 1. The molecule has 1 aliphatic heterocycles. The van der Waals surface area contributed by atoms with Crippen LogP contribution in [0.25, 0.3) is 0 Å². The SMILES string of the molecule is O=C(CCCCCCC(=O)C1CC=CO1)NO. The number of ketones is 1. The first-order valence-corrected chi connectivity index (χ1v) is 6.00. The maximum Gasteiger partial charge on any atom is 0.243 e. The highest BCUT2D eigenvalue weighted by Crippen LogP contribution is 2.14. The Labute approximate surface area is 101 Å². The first-order valence-electron chi connectivity index (χ1n) is 6.00. The molecule has 1 heterocycles. The van der Waals surface area contributed by atoms with E-state index in [0.29, 0.717) is 19.3 Å². The summed E-state index contributed by atoms with van der Waals surface area (Å²) in [5, 5.41) is 8.27. The normalized spacial score (nSPS) is 17.8. The highest BCUT2D eigenvalue weighted by Gasteiger charge is 2.19. The monoisotopic (exact) mass is 241 g/mol. The number of carbonyl (C=O) groups excluding carboxylic acids is 2. The smallest absolute Gasteiger partial charge is 0.243 e. The summed E-state index contributed by atoms with van der Waals surface area (Å²) in [4.78, 5) is 22.3. The zero-order chi connectivity index (χ0) is 12.5. The van der Waals surface area contributed by atoms with Gasteiger partial charge in [0.15, 0.2) is 11.9 Å². The van der Waals surface area contributed by atoms with Crippen molar-refractivity contribution in [3.63, 3.8) is 0 Å². The molecule has 1 rings (SSSR count). The van der Waals surface area contributed by atoms with Crippen LogP contribution in [0.5, 0.6) is 0 Å². The average molecular weight is 241 g/mol. The van der Waals surface area contributed by atoms with Crippen LogP contribution in [0, 0.1) is 0 Å². The standard InChI is InChI=1S/C12H19NO4/c14-10(11-7-5-9-17-11)6-3-1-2-4-8-12(15)13-16/h5,9,11,16H,1-4,6-8H2,(H,13,15). The van der Waals surface area contributed by atoms with Gasteiger partial charge in [0, 0.05) is 19.3 Å². The maximum absolute atomic E-state index is 11.6. The van der Waals surface area contributed by atoms with E-state index >= 15 is 0 Å². The lowest BCUT2D eigenvalue weighted by Crippen LogP contribution is -2.19. The van der Waals surface area contributed by atoms with Crippen molar-refractivity contribution in [1.82, 2.24) is 5.48 Å². The third kappa shape index (κ3) is 5.49. The summed E-state index contributed by atoms with van der Waals surface area (Å²) in [6.07, 6.45) is 8.12. The molecule has 5 nitrogen and oxygen atoms in total. The van der Waals surface area contributed by atoms with Crippen LogP contribution in [-0.2, 0) is 14.3 Å². The van der Waals surface area contributed by atoms with Crippen molar-refractivity contribution >= 4 is 11.7 Å². The summed E-state index contributed by atoms with van der Waals surface area (Å²) in [5.74, 6) is -0.199. The Morgan fingerprint density at radius 1 is 1.24 bits per heavy atom. The Hall–Kier alpha value is -1.36. The van der Waals surface area contributed by atoms with Crippen LogP contribution < -0.4 is 5.48 Å². The maximum atomic E-state index is 11.6. The van der Waals surface area contributed by atoms with Gasteiger partial charge in [-0.2, -0.15) is 0 Å². The molecule has 0 fully saturated rings. The van der Waals surface area contributed by atoms with E-state index in [4.69, 9.17) is 9.94 Å². The molecule has 0 aromatic rings. The third-order valence-electron chi connectivity index (χ3n) is 2.75. The molecule has 0 saturated carbocycles. The van der Waals surface area contributed by atoms with Crippen LogP contribution in [0.4, 0.5) is 0 Å². The number of amides is 1. The lowest BCUT2D eigenvalue weighted by atomic mass is 10.0. The van der Waals surface area contributed by atoms with Gasteiger partial charge in [-0.3, -0.25) is 14.8 Å². The van der Waals surface area contributed by atoms with Crippen molar-refractivity contribution < 1.29 is 19.5 Å². The Kier molecular flexibility index (Phi) is 6.32. The van der Waals surface area contributed by atoms with Gasteiger partial charge in [-0.15, -0.1) is 0 Å². The van der Waals surface area contributed by atoms with Gasteiger partial charge in [0.1, 0.15) is 0 Å². The van der Waals surface area contributed by atoms with E-state index < -0.39 is 0 Å². The molecule has 1 unspecified atom stereocenters. The van der Waals surface area contributed by atoms with Crippen LogP contribution in [0.1, 0.15) is 44.9 Å². The van der Waals surface area contributed by atoms with Gasteiger partial charge in [0.25, 0.3) is 0 Å². The van der Waals surface area contributed by atoms with Crippen LogP contribution >= 0.6 is 0 Å². The van der Waals surface area contributed by atoms with Crippen molar-refractivity contribution in [2.45, 2.75) is 51.0 Å². The Bertz CT molecular complexity index is 280. The van der Waals surface area contributed by atoms with Crippen LogP contribution in [0.2, 0.25) is 0 Å². The molecule has 2 N–H and O–H groups in total. The van der Waals surface area contributed by atoms with Gasteiger partial charge in [0.2, 0.25) is 5.91 Å². The number of unbranched alkanes of at least 4 members (excludes halogenated alkanes) is 3. The van der Waals surface area contributed by atoms with Gasteiger partial charge in [-0.1, -0.05) is 12.8 Å². The molecule has 0 radical (unpaired) electrons. The highest BCUT2D eigenvalue weighted by atomic mass is 16.5. The van der Waals surface area contributed by atoms with Crippen molar-refractivity contribution in [3.05, 3.63) is 12.3 Å². The predicted molar refractivity (Wildman–Crippen MR) is 61.3 cm³/mol. The van der Waals surface area contributed by atoms with Gasteiger partial charge in [-0.25, -0.2) is 5.48 Å². The van der Waals surface area contributed by atoms with Crippen molar-refractivity contribution in [3.8, 4) is 0 Å². The second-order valence-electron chi connectivity index (χ2n) is 4.15. The molecule has 0 aromatic carbocycles. The fourth-order valence-electron chi connectivity index (χ4n) is 1.75. The summed E-state index contributed by atoms with van der Waals surface area (Å²) >= 11 is 0. The second kappa shape index (κ2) is 7.84. The quantitative estimate of drug-likeness (QED) is 0.385. The van der Waals surface area contributed by atoms with E-state index in [-0.39, 0.29) is 17.8 Å². The molecular weight excluding hydrogens is 222 g/mol. The molecule has 0 aliphatic carbocycles. The van der Waals surface area contributed by atoms with Crippen molar-refractivity contribution in [2.24, 2.45) is 0 Å². The summed E-state index contributed by atoms with van der Waals surface area (Å²) in [7, 11) is 0. The van der Waals surface area contributed by atoms with Crippen LogP contribution in [0.3, 0.4) is 0 Å². The molecular formula is C12H19NO4. The summed E-state index contributed by atoms with van der Waals surface area (Å²) in [6.45, 7) is 0. The molecule has 5 heteroatoms. The van der Waals surface area contributed by atoms with E-state index in [1.54, 1.807) is 11.7 Å². The first-order chi connectivity index (χ1) is 8.24. The zero-order valence-electron chi connectivity index (χ0n) is 9.85. The van der Waals surface area contributed by atoms with E-state index in [2.05, 4.69) is 0 Å². The van der Waals surface area contributed by atoms with Gasteiger partial charge < -0.3 is 4.74 Å². The van der Waals surface area contributed by atoms with E-state index in [1.807, 2.05) is 6.08 Å². The number of carbonyl (C=O) groups is 2. The molecule has 17 heavy (non-hydrogen) atoms. The number of nitrogens with one attached hydrogen (secondary N) is 1. The van der Waals surface area contributed by atoms with Gasteiger partial charge >= 0.3 is 0 Å². The van der Waals surface area contributed by atoms with Crippen molar-refractivity contribution in [1.29, 1.82) is 0 Å². The number of hydrogen-bond donors (Lipinski definition) is 2. The number of Topliss-reactive ketones (excluding diaryl/α,β-unsaturated/α-hetero) is 1. The molecule has 0 aromatic heterocycles. The molecule has 0 saturated heterocycles. The minimum Gasteiger partial charge on any atom is -0.490 e. The second-order valence-corrected chi connectivity index (χ2v) is 4.15. The molecule has 1 aliphatic rings. The largest absolute Gasteiger partial charge is 0.490 e. The Balaban J connectivity index is 1.93. The number of hydrogen-bond acceptors (Lipinski definition) is 4.